The fraction of sp³-hybridized carbons (Fsp3) is 0.439. The molecule has 0 spiro atoms. The summed E-state index contributed by atoms with van der Waals surface area (Å²) in [6.07, 6.45) is 1.79. The van der Waals surface area contributed by atoms with Gasteiger partial charge in [0.1, 0.15) is 59.6 Å². The minimum absolute atomic E-state index is 0.0124. The number of benzene rings is 3. The molecule has 8 amide bonds. The second kappa shape index (κ2) is 33.3. The number of azide groups is 1. The predicted molar refractivity (Wildman–Crippen MR) is 318 cm³/mol. The zero-order chi connectivity index (χ0) is 65.5. The third kappa shape index (κ3) is 20.8. The Hall–Kier alpha value is -10.7. The molecule has 15 N–H and O–H groups in total. The van der Waals surface area contributed by atoms with Gasteiger partial charge in [-0.3, -0.25) is 58.3 Å². The van der Waals surface area contributed by atoms with Gasteiger partial charge in [0, 0.05) is 60.9 Å². The molecule has 1 aliphatic heterocycles. The third-order valence-electron chi connectivity index (χ3n) is 14.5. The molecular formula is C57H73N17O15. The maximum absolute atomic E-state index is 14.8. The van der Waals surface area contributed by atoms with E-state index in [0.29, 0.717) is 29.7 Å². The number of guanidine groups is 1. The highest BCUT2D eigenvalue weighted by molar-refractivity contribution is 6.03. The van der Waals surface area contributed by atoms with Crippen LogP contribution in [0.4, 0.5) is 11.4 Å². The first-order valence-corrected chi connectivity index (χ1v) is 28.4. The van der Waals surface area contributed by atoms with Crippen LogP contribution in [0.5, 0.6) is 5.75 Å². The van der Waals surface area contributed by atoms with Gasteiger partial charge in [0.2, 0.25) is 41.4 Å². The van der Waals surface area contributed by atoms with Crippen molar-refractivity contribution < 1.29 is 68.2 Å². The van der Waals surface area contributed by atoms with Crippen LogP contribution in [-0.2, 0) is 62.4 Å². The lowest BCUT2D eigenvalue weighted by atomic mass is 9.96. The number of aliphatic imine (C=N–C) groups is 1. The third-order valence-corrected chi connectivity index (χ3v) is 14.5. The number of aliphatic carboxylic acids is 2. The number of carbonyl (C=O) groups is 10. The van der Waals surface area contributed by atoms with Gasteiger partial charge in [-0.2, -0.15) is 0 Å². The van der Waals surface area contributed by atoms with Crippen molar-refractivity contribution >= 4 is 76.5 Å². The Labute approximate surface area is 509 Å². The van der Waals surface area contributed by atoms with Crippen molar-refractivity contribution in [2.45, 2.75) is 134 Å². The number of imidazole rings is 1. The molecule has 89 heavy (non-hydrogen) atoms. The number of rotatable bonds is 33. The molecule has 0 radical (unpaired) electrons. The molecule has 476 valence electrons. The zero-order valence-corrected chi connectivity index (χ0v) is 49.2. The van der Waals surface area contributed by atoms with Gasteiger partial charge < -0.3 is 73.9 Å². The number of phenols is 1. The number of likely N-dealkylation sites (tertiary alicyclic amines) is 1. The van der Waals surface area contributed by atoms with Crippen molar-refractivity contribution in [1.29, 1.82) is 0 Å². The van der Waals surface area contributed by atoms with Crippen molar-refractivity contribution in [1.82, 2.24) is 52.1 Å². The molecule has 0 bridgehead atoms. The smallest absolute Gasteiger partial charge is 0.326 e. The standard InChI is InChI=1S/C57H73N17O15/c1-5-31(4)47(54(84)67-41(26-35-28-61-29-63-35)55(85)73-22-10-14-44(73)52(82)68-42(56(86)87)24-32-11-7-6-8-12-32)70-51(81)39(23-33-15-18-36(75)19-16-33)66-53(83)46(30(2)3)69-49(79)38(13-9-21-62-57(58)59)64-50(80)40(27-45(76)77)65-48(78)37-25-34(71-72-60)17-20-43(37)74(88)89/h6-8,11-12,15-20,25,28-31,38-42,44,46-47,75H,5,9-10,13-14,21-24,26-27H2,1-4H3,(H,61,63)(H,64,80)(H,65,78)(H,66,83)(H,67,84)(H,68,82)(H,69,79)(H,70,81)(H,76,77)(H,86,87)(H4,58,59,62)/t31-,38-,39-,40-,41-,42-,44+,46-,47-/m0/s1. The second-order valence-electron chi connectivity index (χ2n) is 21.4. The lowest BCUT2D eigenvalue weighted by Gasteiger charge is -2.32. The number of aromatic nitrogens is 2. The molecule has 1 aromatic heterocycles. The number of carbonyl (C=O) groups excluding carboxylic acids is 8. The second-order valence-corrected chi connectivity index (χ2v) is 21.4. The Morgan fingerprint density at radius 2 is 1.39 bits per heavy atom. The predicted octanol–water partition coefficient (Wildman–Crippen LogP) is 1.01. The normalized spacial score (nSPS) is 15.3. The molecule has 4 aromatic rings. The summed E-state index contributed by atoms with van der Waals surface area (Å²) < 4.78 is 0. The first kappa shape index (κ1) is 69.1. The van der Waals surface area contributed by atoms with Gasteiger partial charge in [-0.15, -0.1) is 0 Å². The van der Waals surface area contributed by atoms with Crippen LogP contribution >= 0.6 is 0 Å². The summed E-state index contributed by atoms with van der Waals surface area (Å²) in [5.41, 5.74) is 19.6. The zero-order valence-electron chi connectivity index (χ0n) is 49.2. The van der Waals surface area contributed by atoms with Crippen molar-refractivity contribution in [2.24, 2.45) is 33.4 Å². The van der Waals surface area contributed by atoms with E-state index < -0.39 is 142 Å². The minimum atomic E-state index is -2.00. The molecule has 0 aliphatic carbocycles. The van der Waals surface area contributed by atoms with Crippen LogP contribution in [0.15, 0.2) is 95.4 Å². The summed E-state index contributed by atoms with van der Waals surface area (Å²) in [5, 5.41) is 62.9. The first-order valence-electron chi connectivity index (χ1n) is 28.4. The summed E-state index contributed by atoms with van der Waals surface area (Å²) in [4.78, 5) is 164. The number of nitrogens with two attached hydrogens (primary N) is 2. The van der Waals surface area contributed by atoms with Crippen LogP contribution in [0.25, 0.3) is 10.4 Å². The van der Waals surface area contributed by atoms with Gasteiger partial charge in [0.25, 0.3) is 11.6 Å². The largest absolute Gasteiger partial charge is 0.508 e. The van der Waals surface area contributed by atoms with E-state index >= 15 is 0 Å². The van der Waals surface area contributed by atoms with Crippen LogP contribution in [0, 0.1) is 22.0 Å². The summed E-state index contributed by atoms with van der Waals surface area (Å²) in [6, 6.07) is 5.15. The molecule has 0 unspecified atom stereocenters. The number of H-pyrrole nitrogens is 1. The van der Waals surface area contributed by atoms with E-state index in [1.165, 1.54) is 41.7 Å². The van der Waals surface area contributed by atoms with Crippen molar-refractivity contribution in [2.75, 3.05) is 13.1 Å². The molecular weight excluding hydrogens is 1160 g/mol. The number of nitro groups is 1. The maximum Gasteiger partial charge on any atom is 0.326 e. The number of nitrogens with zero attached hydrogens (tertiary/aromatic N) is 7. The lowest BCUT2D eigenvalue weighted by molar-refractivity contribution is -0.385. The number of hydrogen-bond acceptors (Lipinski definition) is 16. The topological polar surface area (TPSA) is 504 Å². The summed E-state index contributed by atoms with van der Waals surface area (Å²) in [7, 11) is 0. The van der Waals surface area contributed by atoms with Crippen LogP contribution in [0.1, 0.15) is 93.4 Å². The van der Waals surface area contributed by atoms with Crippen LogP contribution < -0.4 is 48.7 Å². The number of nitrogens with one attached hydrogen (secondary N) is 8. The number of amides is 8. The van der Waals surface area contributed by atoms with E-state index in [0.717, 1.165) is 18.2 Å². The van der Waals surface area contributed by atoms with Gasteiger partial charge >= 0.3 is 11.9 Å². The SMILES string of the molecule is CC[C@H](C)[C@H](NC(=O)[C@H](Cc1ccc(O)cc1)NC(=O)[C@@H](NC(=O)[C@H](CCCN=C(N)N)NC(=O)[C@H](CC(=O)O)NC(=O)c1cc(N=[N+]=[N-])ccc1[N+](=O)[O-])C(C)C)C(=O)N[C@@H](Cc1cnc[nH]1)C(=O)N1CCC[C@@H]1C(=O)N[C@@H](Cc1ccccc1)C(=O)O. The van der Waals surface area contributed by atoms with Crippen molar-refractivity contribution in [3.63, 3.8) is 0 Å². The molecule has 1 fully saturated rings. The fourth-order valence-corrected chi connectivity index (χ4v) is 9.63. The van der Waals surface area contributed by atoms with Gasteiger partial charge in [-0.1, -0.05) is 81.7 Å². The van der Waals surface area contributed by atoms with Gasteiger partial charge in [-0.25, -0.2) is 9.78 Å². The Morgan fingerprint density at radius 3 is 2.00 bits per heavy atom. The van der Waals surface area contributed by atoms with E-state index in [9.17, 15) is 73.4 Å². The summed E-state index contributed by atoms with van der Waals surface area (Å²) in [5.74, 6) is -12.5. The molecule has 32 nitrogen and oxygen atoms in total. The molecule has 1 saturated heterocycles. The minimum Gasteiger partial charge on any atom is -0.508 e. The monoisotopic (exact) mass is 1240 g/mol. The number of aromatic hydroxyl groups is 1. The molecule has 5 rings (SSSR count). The highest BCUT2D eigenvalue weighted by Crippen LogP contribution is 2.26. The Morgan fingerprint density at radius 1 is 0.775 bits per heavy atom. The average molecular weight is 1240 g/mol. The summed E-state index contributed by atoms with van der Waals surface area (Å²) in [6.45, 7) is 6.48. The highest BCUT2D eigenvalue weighted by Gasteiger charge is 2.41. The first-order chi connectivity index (χ1) is 42.3. The van der Waals surface area contributed by atoms with E-state index in [2.05, 4.69) is 62.2 Å². The molecule has 32 heteroatoms. The molecule has 3 aromatic carbocycles. The molecule has 0 saturated carbocycles. The van der Waals surface area contributed by atoms with Crippen molar-refractivity contribution in [3.05, 3.63) is 128 Å². The highest BCUT2D eigenvalue weighted by atomic mass is 16.6. The number of carboxylic acids is 2. The van der Waals surface area contributed by atoms with E-state index in [4.69, 9.17) is 17.0 Å². The number of nitro benzene ring substituents is 1. The van der Waals surface area contributed by atoms with Gasteiger partial charge in [0.15, 0.2) is 5.96 Å². The number of aromatic amines is 1. The van der Waals surface area contributed by atoms with E-state index in [1.807, 2.05) is 0 Å². The summed E-state index contributed by atoms with van der Waals surface area (Å²) >= 11 is 0. The average Bonchev–Trinajstić information content (AvgIpc) is 2.30. The van der Waals surface area contributed by atoms with Gasteiger partial charge in [-0.05, 0) is 78.4 Å². The fourth-order valence-electron chi connectivity index (χ4n) is 9.63. The Bertz CT molecular complexity index is 3260. The number of carboxylic acid groups (broad SMARTS) is 2. The lowest BCUT2D eigenvalue weighted by Crippen LogP contribution is -2.62. The molecule has 9 atom stereocenters. The van der Waals surface area contributed by atoms with E-state index in [-0.39, 0.29) is 69.0 Å². The number of hydrogen-bond donors (Lipinski definition) is 13. The van der Waals surface area contributed by atoms with Gasteiger partial charge in [0.05, 0.1) is 17.7 Å². The van der Waals surface area contributed by atoms with Crippen LogP contribution in [0.3, 0.4) is 0 Å². The van der Waals surface area contributed by atoms with E-state index in [1.54, 1.807) is 58.0 Å². The van der Waals surface area contributed by atoms with Crippen LogP contribution in [-0.4, -0.2) is 162 Å². The number of phenolic OH excluding ortho intramolecular Hbond substituents is 1. The van der Waals surface area contributed by atoms with Crippen molar-refractivity contribution in [3.8, 4) is 5.75 Å². The Balaban J connectivity index is 1.40. The molecule has 1 aliphatic rings. The van der Waals surface area contributed by atoms with Crippen LogP contribution in [0.2, 0.25) is 0 Å². The maximum atomic E-state index is 14.8. The quantitative estimate of drug-likeness (QED) is 0.00463. The Kier molecular flexibility index (Phi) is 25.9. The molecule has 2 heterocycles.